The summed E-state index contributed by atoms with van der Waals surface area (Å²) in [5, 5.41) is 2.43. The Morgan fingerprint density at radius 3 is 2.50 bits per heavy atom. The number of likely N-dealkylation sites (tertiary alicyclic amines) is 1. The van der Waals surface area contributed by atoms with Crippen molar-refractivity contribution in [1.29, 1.82) is 0 Å². The van der Waals surface area contributed by atoms with E-state index in [4.69, 9.17) is 4.74 Å². The summed E-state index contributed by atoms with van der Waals surface area (Å²) < 4.78 is 33.1. The fourth-order valence-corrected chi connectivity index (χ4v) is 3.97. The number of benzene rings is 1. The second-order valence-electron chi connectivity index (χ2n) is 7.15. The minimum Gasteiger partial charge on any atom is -0.444 e. The Morgan fingerprint density at radius 1 is 1.27 bits per heavy atom. The molecule has 1 aromatic carbocycles. The number of hydrogen-bond donors (Lipinski definition) is 2. The van der Waals surface area contributed by atoms with Crippen molar-refractivity contribution >= 4 is 28.2 Å². The van der Waals surface area contributed by atoms with E-state index in [2.05, 4.69) is 10.0 Å². The molecule has 2 amide bonds. The first-order valence-electron chi connectivity index (χ1n) is 8.41. The van der Waals surface area contributed by atoms with Gasteiger partial charge < -0.3 is 15.0 Å². The lowest BCUT2D eigenvalue weighted by Crippen LogP contribution is -2.47. The molecule has 0 aliphatic carbocycles. The monoisotopic (exact) mass is 383 g/mol. The number of amides is 2. The number of ether oxygens (including phenoxy) is 1. The van der Waals surface area contributed by atoms with Crippen molar-refractivity contribution in [3.63, 3.8) is 0 Å². The number of nitrogens with one attached hydrogen (secondary N) is 2. The molecular weight excluding hydrogens is 358 g/mol. The van der Waals surface area contributed by atoms with Crippen LogP contribution in [0.5, 0.6) is 0 Å². The second-order valence-corrected chi connectivity index (χ2v) is 8.87. The van der Waals surface area contributed by atoms with Gasteiger partial charge in [0.1, 0.15) is 5.60 Å². The van der Waals surface area contributed by atoms with E-state index >= 15 is 0 Å². The molecule has 0 aromatic heterocycles. The molecule has 1 aromatic rings. The summed E-state index contributed by atoms with van der Waals surface area (Å²) in [6.07, 6.45) is 1.12. The van der Waals surface area contributed by atoms with Gasteiger partial charge in [-0.2, -0.15) is 0 Å². The molecule has 0 unspecified atom stereocenters. The van der Waals surface area contributed by atoms with E-state index in [1.165, 1.54) is 12.1 Å². The summed E-state index contributed by atoms with van der Waals surface area (Å²) in [5.41, 5.74) is -0.154. The average molecular weight is 383 g/mol. The molecule has 0 spiro atoms. The fraction of sp³-hybridized carbons (Fsp3) is 0.529. The van der Waals surface area contributed by atoms with Crippen molar-refractivity contribution in [3.05, 3.63) is 24.3 Å². The van der Waals surface area contributed by atoms with Crippen LogP contribution in [0.15, 0.2) is 29.2 Å². The summed E-state index contributed by atoms with van der Waals surface area (Å²) in [5.74, 6) is 0. The number of carbonyl (C=O) groups excluding carboxylic acids is 2. The lowest BCUT2D eigenvalue weighted by molar-refractivity contribution is -0.105. The van der Waals surface area contributed by atoms with Crippen LogP contribution in [-0.2, 0) is 19.6 Å². The molecule has 0 saturated carbocycles. The Morgan fingerprint density at radius 2 is 1.92 bits per heavy atom. The molecule has 0 bridgehead atoms. The van der Waals surface area contributed by atoms with Gasteiger partial charge in [0.2, 0.25) is 16.4 Å². The molecule has 9 heteroatoms. The molecule has 2 rings (SSSR count). The standard InChI is InChI=1S/C17H25N3O5S/c1-17(2,3)25-16(22)20-9-7-13(8-10-20)19-26(23,24)15-6-4-5-14(11-15)18-12-21/h4-6,11-13,19H,7-10H2,1-3H3,(H,18,21). The number of nitrogens with zero attached hydrogens (tertiary/aromatic N) is 1. The van der Waals surface area contributed by atoms with Crippen LogP contribution in [0.2, 0.25) is 0 Å². The van der Waals surface area contributed by atoms with Gasteiger partial charge >= 0.3 is 6.09 Å². The van der Waals surface area contributed by atoms with Crippen LogP contribution >= 0.6 is 0 Å². The third kappa shape index (κ3) is 5.70. The Kier molecular flexibility index (Phi) is 6.25. The lowest BCUT2D eigenvalue weighted by atomic mass is 10.1. The van der Waals surface area contributed by atoms with Crippen LogP contribution in [0.25, 0.3) is 0 Å². The zero-order valence-corrected chi connectivity index (χ0v) is 16.0. The number of sulfonamides is 1. The van der Waals surface area contributed by atoms with Gasteiger partial charge in [-0.15, -0.1) is 0 Å². The van der Waals surface area contributed by atoms with Crippen LogP contribution in [0.1, 0.15) is 33.6 Å². The third-order valence-electron chi connectivity index (χ3n) is 3.84. The Hall–Kier alpha value is -2.13. The van der Waals surface area contributed by atoms with Gasteiger partial charge in [-0.05, 0) is 51.8 Å². The number of piperidine rings is 1. The third-order valence-corrected chi connectivity index (χ3v) is 5.36. The average Bonchev–Trinajstić information content (AvgIpc) is 2.54. The maximum atomic E-state index is 12.5. The number of carbonyl (C=O) groups is 2. The summed E-state index contributed by atoms with van der Waals surface area (Å²) in [7, 11) is -3.71. The van der Waals surface area contributed by atoms with Crippen molar-refractivity contribution in [2.45, 2.75) is 50.2 Å². The van der Waals surface area contributed by atoms with Gasteiger partial charge in [0.05, 0.1) is 4.90 Å². The van der Waals surface area contributed by atoms with Gasteiger partial charge in [0, 0.05) is 24.8 Å². The first kappa shape index (κ1) is 20.2. The van der Waals surface area contributed by atoms with E-state index in [1.54, 1.807) is 37.8 Å². The first-order valence-corrected chi connectivity index (χ1v) is 9.89. The summed E-state index contributed by atoms with van der Waals surface area (Å²) in [6, 6.07) is 5.76. The molecule has 1 aliphatic rings. The van der Waals surface area contributed by atoms with E-state index in [0.717, 1.165) is 0 Å². The highest BCUT2D eigenvalue weighted by atomic mass is 32.2. The Bertz CT molecular complexity index is 750. The molecule has 0 atom stereocenters. The fourth-order valence-electron chi connectivity index (χ4n) is 2.61. The molecule has 1 heterocycles. The van der Waals surface area contributed by atoms with E-state index in [1.807, 2.05) is 0 Å². The van der Waals surface area contributed by atoms with Crippen LogP contribution in [-0.4, -0.2) is 50.6 Å². The quantitative estimate of drug-likeness (QED) is 0.756. The predicted octanol–water partition coefficient (Wildman–Crippen LogP) is 1.93. The van der Waals surface area contributed by atoms with Crippen molar-refractivity contribution in [1.82, 2.24) is 9.62 Å². The SMILES string of the molecule is CC(C)(C)OC(=O)N1CCC(NS(=O)(=O)c2cccc(NC=O)c2)CC1. The molecule has 8 nitrogen and oxygen atoms in total. The molecule has 1 saturated heterocycles. The molecule has 144 valence electrons. The van der Waals surface area contributed by atoms with Crippen molar-refractivity contribution in [3.8, 4) is 0 Å². The minimum absolute atomic E-state index is 0.0823. The maximum absolute atomic E-state index is 12.5. The van der Waals surface area contributed by atoms with Crippen molar-refractivity contribution < 1.29 is 22.7 Å². The number of anilines is 1. The van der Waals surface area contributed by atoms with Crippen LogP contribution in [0, 0.1) is 0 Å². The highest BCUT2D eigenvalue weighted by Gasteiger charge is 2.29. The molecular formula is C17H25N3O5S. The highest BCUT2D eigenvalue weighted by molar-refractivity contribution is 7.89. The van der Waals surface area contributed by atoms with Crippen molar-refractivity contribution in [2.75, 3.05) is 18.4 Å². The van der Waals surface area contributed by atoms with Gasteiger partial charge in [-0.25, -0.2) is 17.9 Å². The van der Waals surface area contributed by atoms with Gasteiger partial charge in [0.15, 0.2) is 0 Å². The van der Waals surface area contributed by atoms with E-state index < -0.39 is 15.6 Å². The number of rotatable bonds is 5. The zero-order valence-electron chi connectivity index (χ0n) is 15.2. The lowest BCUT2D eigenvalue weighted by Gasteiger charge is -2.33. The van der Waals surface area contributed by atoms with Gasteiger partial charge in [0.25, 0.3) is 0 Å². The van der Waals surface area contributed by atoms with Crippen LogP contribution in [0.4, 0.5) is 10.5 Å². The van der Waals surface area contributed by atoms with Gasteiger partial charge in [-0.1, -0.05) is 6.07 Å². The van der Waals surface area contributed by atoms with E-state index in [9.17, 15) is 18.0 Å². The topological polar surface area (TPSA) is 105 Å². The van der Waals surface area contributed by atoms with Crippen LogP contribution in [0.3, 0.4) is 0 Å². The largest absolute Gasteiger partial charge is 0.444 e. The first-order chi connectivity index (χ1) is 12.1. The Balaban J connectivity index is 1.95. The normalized spacial score (nSPS) is 16.2. The van der Waals surface area contributed by atoms with Crippen molar-refractivity contribution in [2.24, 2.45) is 0 Å². The summed E-state index contributed by atoms with van der Waals surface area (Å²) >= 11 is 0. The molecule has 0 radical (unpaired) electrons. The zero-order chi connectivity index (χ0) is 19.4. The highest BCUT2D eigenvalue weighted by Crippen LogP contribution is 2.19. The summed E-state index contributed by atoms with van der Waals surface area (Å²) in [6.45, 7) is 6.27. The van der Waals surface area contributed by atoms with E-state index in [0.29, 0.717) is 38.0 Å². The molecule has 1 fully saturated rings. The molecule has 1 aliphatic heterocycles. The Labute approximate surface area is 153 Å². The number of hydrogen-bond acceptors (Lipinski definition) is 5. The predicted molar refractivity (Wildman–Crippen MR) is 97.3 cm³/mol. The minimum atomic E-state index is -3.71. The van der Waals surface area contributed by atoms with Crippen LogP contribution < -0.4 is 10.0 Å². The maximum Gasteiger partial charge on any atom is 0.410 e. The summed E-state index contributed by atoms with van der Waals surface area (Å²) in [4.78, 5) is 24.2. The van der Waals surface area contributed by atoms with E-state index in [-0.39, 0.29) is 17.0 Å². The molecule has 2 N–H and O–H groups in total. The second kappa shape index (κ2) is 8.05. The molecule has 26 heavy (non-hydrogen) atoms. The van der Waals surface area contributed by atoms with Gasteiger partial charge in [-0.3, -0.25) is 4.79 Å². The smallest absolute Gasteiger partial charge is 0.410 e.